The molecule has 22 heavy (non-hydrogen) atoms. The number of benzene rings is 1. The van der Waals surface area contributed by atoms with E-state index >= 15 is 0 Å². The first-order chi connectivity index (χ1) is 10.7. The summed E-state index contributed by atoms with van der Waals surface area (Å²) in [7, 11) is 0. The fraction of sp³-hybridized carbons (Fsp3) is 0.312. The summed E-state index contributed by atoms with van der Waals surface area (Å²) in [4.78, 5) is 23.0. The Labute approximate surface area is 137 Å². The van der Waals surface area contributed by atoms with Crippen LogP contribution in [0.2, 0.25) is 0 Å². The van der Waals surface area contributed by atoms with Gasteiger partial charge in [0.1, 0.15) is 5.82 Å². The zero-order chi connectivity index (χ0) is 15.4. The standard InChI is InChI=1S/C16H17BrN4O/c17-13-3-1-2-4-14(13)20-16(22)12-5-9-21(10-6-12)15-11-18-7-8-19-15/h1-4,7-8,11-12H,5-6,9-10H2,(H,20,22). The third-order valence-corrected chi connectivity index (χ3v) is 4.56. The average molecular weight is 361 g/mol. The molecule has 1 amide bonds. The minimum Gasteiger partial charge on any atom is -0.355 e. The number of carbonyl (C=O) groups is 1. The second-order valence-electron chi connectivity index (χ2n) is 5.29. The summed E-state index contributed by atoms with van der Waals surface area (Å²) in [5, 5.41) is 3.00. The van der Waals surface area contributed by atoms with Crippen LogP contribution in [0.1, 0.15) is 12.8 Å². The molecule has 0 aliphatic carbocycles. The van der Waals surface area contributed by atoms with E-state index in [9.17, 15) is 4.79 Å². The molecule has 1 aliphatic rings. The Bertz CT molecular complexity index is 642. The number of nitrogens with one attached hydrogen (secondary N) is 1. The van der Waals surface area contributed by atoms with Crippen molar-refractivity contribution in [3.63, 3.8) is 0 Å². The van der Waals surface area contributed by atoms with Crippen LogP contribution in [0.25, 0.3) is 0 Å². The number of piperidine rings is 1. The van der Waals surface area contributed by atoms with Crippen LogP contribution < -0.4 is 10.2 Å². The van der Waals surface area contributed by atoms with Gasteiger partial charge in [0.05, 0.1) is 11.9 Å². The molecule has 0 radical (unpaired) electrons. The van der Waals surface area contributed by atoms with Crippen molar-refractivity contribution in [1.29, 1.82) is 0 Å². The Morgan fingerprint density at radius 1 is 1.23 bits per heavy atom. The Balaban J connectivity index is 1.57. The molecule has 1 aliphatic heterocycles. The number of halogens is 1. The van der Waals surface area contributed by atoms with Crippen LogP contribution in [-0.4, -0.2) is 29.0 Å². The van der Waals surface area contributed by atoms with Gasteiger partial charge in [-0.25, -0.2) is 4.98 Å². The highest BCUT2D eigenvalue weighted by Gasteiger charge is 2.25. The van der Waals surface area contributed by atoms with Crippen LogP contribution in [0.15, 0.2) is 47.3 Å². The normalized spacial score (nSPS) is 15.6. The molecule has 1 fully saturated rings. The van der Waals surface area contributed by atoms with Crippen molar-refractivity contribution in [3.8, 4) is 0 Å². The molecular formula is C16H17BrN4O. The smallest absolute Gasteiger partial charge is 0.227 e. The minimum absolute atomic E-state index is 0.0417. The summed E-state index contributed by atoms with van der Waals surface area (Å²) >= 11 is 3.45. The maximum absolute atomic E-state index is 12.4. The third kappa shape index (κ3) is 3.44. The zero-order valence-corrected chi connectivity index (χ0v) is 13.7. The summed E-state index contributed by atoms with van der Waals surface area (Å²) in [5.41, 5.74) is 0.823. The van der Waals surface area contributed by atoms with E-state index in [1.807, 2.05) is 24.3 Å². The Morgan fingerprint density at radius 2 is 2.00 bits per heavy atom. The summed E-state index contributed by atoms with van der Waals surface area (Å²) in [5.74, 6) is 1.01. The van der Waals surface area contributed by atoms with Crippen LogP contribution in [0.3, 0.4) is 0 Å². The highest BCUT2D eigenvalue weighted by molar-refractivity contribution is 9.10. The number of rotatable bonds is 3. The first-order valence-corrected chi connectivity index (χ1v) is 8.09. The monoisotopic (exact) mass is 360 g/mol. The molecule has 2 heterocycles. The van der Waals surface area contributed by atoms with Crippen LogP contribution in [0.5, 0.6) is 0 Å². The molecule has 0 unspecified atom stereocenters. The van der Waals surface area contributed by atoms with Crippen LogP contribution in [-0.2, 0) is 4.79 Å². The molecule has 114 valence electrons. The fourth-order valence-corrected chi connectivity index (χ4v) is 3.01. The van der Waals surface area contributed by atoms with Gasteiger partial charge in [0.25, 0.3) is 0 Å². The highest BCUT2D eigenvalue weighted by atomic mass is 79.9. The SMILES string of the molecule is O=C(Nc1ccccc1Br)C1CCN(c2cnccn2)CC1. The van der Waals surface area contributed by atoms with Crippen molar-refractivity contribution in [2.24, 2.45) is 5.92 Å². The van der Waals surface area contributed by atoms with E-state index < -0.39 is 0 Å². The predicted molar refractivity (Wildman–Crippen MR) is 89.7 cm³/mol. The molecule has 6 heteroatoms. The maximum atomic E-state index is 12.4. The average Bonchev–Trinajstić information content (AvgIpc) is 2.58. The molecule has 0 saturated carbocycles. The lowest BCUT2D eigenvalue weighted by Crippen LogP contribution is -2.38. The minimum atomic E-state index is 0.0417. The Morgan fingerprint density at radius 3 is 2.68 bits per heavy atom. The summed E-state index contributed by atoms with van der Waals surface area (Å²) < 4.78 is 0.903. The van der Waals surface area contributed by atoms with Gasteiger partial charge in [0, 0.05) is 35.9 Å². The molecule has 3 rings (SSSR count). The largest absolute Gasteiger partial charge is 0.355 e. The van der Waals surface area contributed by atoms with Crippen molar-refractivity contribution in [1.82, 2.24) is 9.97 Å². The first kappa shape index (κ1) is 15.0. The van der Waals surface area contributed by atoms with Gasteiger partial charge < -0.3 is 10.2 Å². The number of nitrogens with zero attached hydrogens (tertiary/aromatic N) is 3. The summed E-state index contributed by atoms with van der Waals surface area (Å²) in [6.45, 7) is 1.65. The van der Waals surface area contributed by atoms with Gasteiger partial charge in [-0.3, -0.25) is 9.78 Å². The number of para-hydroxylation sites is 1. The second kappa shape index (κ2) is 6.87. The molecule has 0 atom stereocenters. The quantitative estimate of drug-likeness (QED) is 0.913. The van der Waals surface area contributed by atoms with Crippen molar-refractivity contribution < 1.29 is 4.79 Å². The molecule has 5 nitrogen and oxygen atoms in total. The van der Waals surface area contributed by atoms with Crippen molar-refractivity contribution in [2.45, 2.75) is 12.8 Å². The molecule has 1 aromatic heterocycles. The maximum Gasteiger partial charge on any atom is 0.227 e. The van der Waals surface area contributed by atoms with E-state index in [1.54, 1.807) is 18.6 Å². The van der Waals surface area contributed by atoms with Crippen molar-refractivity contribution in [3.05, 3.63) is 47.3 Å². The van der Waals surface area contributed by atoms with Gasteiger partial charge in [-0.2, -0.15) is 0 Å². The lowest BCUT2D eigenvalue weighted by atomic mass is 9.96. The van der Waals surface area contributed by atoms with Crippen molar-refractivity contribution >= 4 is 33.3 Å². The second-order valence-corrected chi connectivity index (χ2v) is 6.15. The summed E-state index contributed by atoms with van der Waals surface area (Å²) in [6, 6.07) is 7.67. The molecule has 1 N–H and O–H groups in total. The summed E-state index contributed by atoms with van der Waals surface area (Å²) in [6.07, 6.45) is 6.78. The number of amides is 1. The molecular weight excluding hydrogens is 344 g/mol. The van der Waals surface area contributed by atoms with Gasteiger partial charge in [-0.05, 0) is 40.9 Å². The predicted octanol–water partition coefficient (Wildman–Crippen LogP) is 3.09. The molecule has 0 spiro atoms. The van der Waals surface area contributed by atoms with E-state index in [4.69, 9.17) is 0 Å². The van der Waals surface area contributed by atoms with Gasteiger partial charge in [0.2, 0.25) is 5.91 Å². The van der Waals surface area contributed by atoms with E-state index in [0.29, 0.717) is 0 Å². The number of hydrogen-bond donors (Lipinski definition) is 1. The molecule has 0 bridgehead atoms. The topological polar surface area (TPSA) is 58.1 Å². The number of carbonyl (C=O) groups excluding carboxylic acids is 1. The highest BCUT2D eigenvalue weighted by Crippen LogP contribution is 2.25. The van der Waals surface area contributed by atoms with Crippen LogP contribution >= 0.6 is 15.9 Å². The number of aromatic nitrogens is 2. The van der Waals surface area contributed by atoms with Gasteiger partial charge in [-0.15, -0.1) is 0 Å². The Hall–Kier alpha value is -1.95. The van der Waals surface area contributed by atoms with E-state index in [-0.39, 0.29) is 11.8 Å². The lowest BCUT2D eigenvalue weighted by Gasteiger charge is -2.31. The van der Waals surface area contributed by atoms with Crippen molar-refractivity contribution in [2.75, 3.05) is 23.3 Å². The number of hydrogen-bond acceptors (Lipinski definition) is 4. The third-order valence-electron chi connectivity index (χ3n) is 3.87. The fourth-order valence-electron chi connectivity index (χ4n) is 2.62. The van der Waals surface area contributed by atoms with Crippen LogP contribution in [0.4, 0.5) is 11.5 Å². The number of anilines is 2. The van der Waals surface area contributed by atoms with Gasteiger partial charge in [0.15, 0.2) is 0 Å². The van der Waals surface area contributed by atoms with Gasteiger partial charge in [-0.1, -0.05) is 12.1 Å². The van der Waals surface area contributed by atoms with E-state index in [0.717, 1.165) is 41.9 Å². The molecule has 2 aromatic rings. The molecule has 1 saturated heterocycles. The Kier molecular flexibility index (Phi) is 4.68. The van der Waals surface area contributed by atoms with E-state index in [2.05, 4.69) is 36.1 Å². The van der Waals surface area contributed by atoms with Crippen LogP contribution in [0, 0.1) is 5.92 Å². The molecule has 1 aromatic carbocycles. The lowest BCUT2D eigenvalue weighted by molar-refractivity contribution is -0.120. The van der Waals surface area contributed by atoms with E-state index in [1.165, 1.54) is 0 Å². The van der Waals surface area contributed by atoms with Gasteiger partial charge >= 0.3 is 0 Å². The zero-order valence-electron chi connectivity index (χ0n) is 12.1. The first-order valence-electron chi connectivity index (χ1n) is 7.30.